The van der Waals surface area contributed by atoms with Crippen LogP contribution >= 0.6 is 12.4 Å². The van der Waals surface area contributed by atoms with Crippen LogP contribution in [-0.4, -0.2) is 25.4 Å². The number of nitrogens with two attached hydrogens (primary N) is 1. The van der Waals surface area contributed by atoms with Crippen LogP contribution in [0.1, 0.15) is 35.5 Å². The molecule has 0 aliphatic rings. The smallest absolute Gasteiger partial charge is 0.126 e. The zero-order valence-electron chi connectivity index (χ0n) is 16.3. The van der Waals surface area contributed by atoms with Crippen LogP contribution in [0.25, 0.3) is 11.0 Å². The Morgan fingerprint density at radius 1 is 1.24 bits per heavy atom. The van der Waals surface area contributed by atoms with Crippen molar-refractivity contribution in [3.05, 3.63) is 77.6 Å². The molecule has 4 rings (SSSR count). The molecule has 0 bridgehead atoms. The van der Waals surface area contributed by atoms with Gasteiger partial charge in [-0.15, -0.1) is 12.4 Å². The van der Waals surface area contributed by atoms with E-state index >= 15 is 0 Å². The zero-order valence-corrected chi connectivity index (χ0v) is 17.1. The number of aryl methyl sites for hydroxylation is 1. The van der Waals surface area contributed by atoms with E-state index in [1.165, 1.54) is 11.1 Å². The maximum absolute atomic E-state index is 7.45. The van der Waals surface area contributed by atoms with Crippen LogP contribution in [0.2, 0.25) is 0 Å². The number of hydrogen-bond acceptors (Lipinski definition) is 4. The molecule has 0 spiro atoms. The topological polar surface area (TPSA) is 108 Å². The normalized spacial score (nSPS) is 11.8. The van der Waals surface area contributed by atoms with Gasteiger partial charge in [0.15, 0.2) is 0 Å². The summed E-state index contributed by atoms with van der Waals surface area (Å²) in [5, 5.41) is 10.8. The van der Waals surface area contributed by atoms with Crippen LogP contribution in [-0.2, 0) is 6.54 Å². The van der Waals surface area contributed by atoms with E-state index in [0.29, 0.717) is 12.1 Å². The summed E-state index contributed by atoms with van der Waals surface area (Å²) in [7, 11) is 0. The first-order valence-corrected chi connectivity index (χ1v) is 9.17. The van der Waals surface area contributed by atoms with E-state index < -0.39 is 0 Å². The summed E-state index contributed by atoms with van der Waals surface area (Å²) >= 11 is 0. The van der Waals surface area contributed by atoms with Gasteiger partial charge in [-0.1, -0.05) is 6.07 Å². The highest BCUT2D eigenvalue weighted by molar-refractivity contribution is 5.95. The molecular formula is C21H24ClN7. The highest BCUT2D eigenvalue weighted by Gasteiger charge is 2.14. The van der Waals surface area contributed by atoms with Gasteiger partial charge < -0.3 is 20.6 Å². The van der Waals surface area contributed by atoms with Crippen LogP contribution in [0.3, 0.4) is 0 Å². The first kappa shape index (κ1) is 20.4. The van der Waals surface area contributed by atoms with Crippen molar-refractivity contribution in [1.29, 1.82) is 5.41 Å². The number of rotatable bonds is 6. The third-order valence-corrected chi connectivity index (χ3v) is 5.08. The van der Waals surface area contributed by atoms with Gasteiger partial charge in [-0.25, -0.2) is 9.97 Å². The SMILES string of the molecule is Cc1c(C(C)n2ccnc2)ccc2[nH]c(CNc3ccc(C(=N)N)cc3)nc12.Cl. The number of benzene rings is 2. The molecule has 2 heterocycles. The van der Waals surface area contributed by atoms with E-state index in [4.69, 9.17) is 16.1 Å². The first-order valence-electron chi connectivity index (χ1n) is 9.17. The molecule has 1 atom stereocenters. The number of H-pyrrole nitrogens is 1. The molecular weight excluding hydrogens is 386 g/mol. The second kappa shape index (κ2) is 8.36. The highest BCUT2D eigenvalue weighted by Crippen LogP contribution is 2.27. The van der Waals surface area contributed by atoms with Gasteiger partial charge in [-0.3, -0.25) is 5.41 Å². The zero-order chi connectivity index (χ0) is 19.7. The fourth-order valence-corrected chi connectivity index (χ4v) is 3.43. The predicted molar refractivity (Wildman–Crippen MR) is 119 cm³/mol. The summed E-state index contributed by atoms with van der Waals surface area (Å²) in [6, 6.07) is 11.9. The van der Waals surface area contributed by atoms with Crippen LogP contribution in [0, 0.1) is 12.3 Å². The van der Waals surface area contributed by atoms with Crippen molar-refractivity contribution in [3.63, 3.8) is 0 Å². The fraction of sp³-hybridized carbons (Fsp3) is 0.190. The Balaban J connectivity index is 0.00000240. The summed E-state index contributed by atoms with van der Waals surface area (Å²) in [5.74, 6) is 0.946. The number of halogens is 1. The lowest BCUT2D eigenvalue weighted by molar-refractivity contribution is 0.635. The van der Waals surface area contributed by atoms with E-state index in [1.54, 1.807) is 6.20 Å². The molecule has 2 aromatic heterocycles. The van der Waals surface area contributed by atoms with Crippen molar-refractivity contribution >= 4 is 35.0 Å². The monoisotopic (exact) mass is 409 g/mol. The molecule has 150 valence electrons. The summed E-state index contributed by atoms with van der Waals surface area (Å²) in [6.07, 6.45) is 5.61. The minimum Gasteiger partial charge on any atom is -0.384 e. The largest absolute Gasteiger partial charge is 0.384 e. The summed E-state index contributed by atoms with van der Waals surface area (Å²) in [5.41, 5.74) is 11.6. The molecule has 0 amide bonds. The number of nitrogens with one attached hydrogen (secondary N) is 3. The van der Waals surface area contributed by atoms with E-state index in [1.807, 2.05) is 36.8 Å². The maximum Gasteiger partial charge on any atom is 0.126 e. The van der Waals surface area contributed by atoms with Crippen LogP contribution in [0.4, 0.5) is 5.69 Å². The van der Waals surface area contributed by atoms with Crippen molar-refractivity contribution in [1.82, 2.24) is 19.5 Å². The molecule has 0 radical (unpaired) electrons. The molecule has 0 saturated heterocycles. The van der Waals surface area contributed by atoms with E-state index in [-0.39, 0.29) is 24.3 Å². The molecule has 7 nitrogen and oxygen atoms in total. The minimum atomic E-state index is 0. The van der Waals surface area contributed by atoms with E-state index in [2.05, 4.69) is 45.8 Å². The molecule has 0 saturated carbocycles. The molecule has 1 unspecified atom stereocenters. The number of hydrogen-bond donors (Lipinski definition) is 4. The number of anilines is 1. The summed E-state index contributed by atoms with van der Waals surface area (Å²) in [4.78, 5) is 12.3. The average Bonchev–Trinajstić information content (AvgIpc) is 3.37. The van der Waals surface area contributed by atoms with Crippen molar-refractivity contribution in [2.24, 2.45) is 5.73 Å². The number of aromatic nitrogens is 4. The molecule has 0 fully saturated rings. The second-order valence-corrected chi connectivity index (χ2v) is 6.89. The van der Waals surface area contributed by atoms with Gasteiger partial charge in [-0.2, -0.15) is 0 Å². The summed E-state index contributed by atoms with van der Waals surface area (Å²) in [6.45, 7) is 4.86. The Hall–Kier alpha value is -3.32. The van der Waals surface area contributed by atoms with E-state index in [9.17, 15) is 0 Å². The summed E-state index contributed by atoms with van der Waals surface area (Å²) < 4.78 is 2.09. The Bertz CT molecular complexity index is 1110. The molecule has 0 aliphatic carbocycles. The molecule has 4 aromatic rings. The van der Waals surface area contributed by atoms with Gasteiger partial charge in [0.2, 0.25) is 0 Å². The lowest BCUT2D eigenvalue weighted by Gasteiger charge is -2.16. The molecule has 0 aliphatic heterocycles. The molecule has 29 heavy (non-hydrogen) atoms. The standard InChI is InChI=1S/C21H23N7.ClH/c1-13-17(14(2)28-10-9-24-12-28)7-8-18-20(13)27-19(26-18)11-25-16-5-3-15(4-6-16)21(22)23;/h3-10,12,14,25H,11H2,1-2H3,(H3,22,23)(H,26,27);1H. The number of imidazole rings is 2. The van der Waals surface area contributed by atoms with Crippen LogP contribution in [0.15, 0.2) is 55.1 Å². The van der Waals surface area contributed by atoms with Gasteiger partial charge in [-0.05, 0) is 55.3 Å². The molecule has 8 heteroatoms. The third-order valence-electron chi connectivity index (χ3n) is 5.08. The Morgan fingerprint density at radius 2 is 2.00 bits per heavy atom. The number of nitrogen functional groups attached to an aromatic ring is 1. The quantitative estimate of drug-likeness (QED) is 0.285. The predicted octanol–water partition coefficient (Wildman–Crippen LogP) is 4.00. The van der Waals surface area contributed by atoms with Crippen molar-refractivity contribution in [3.8, 4) is 0 Å². The van der Waals surface area contributed by atoms with Gasteiger partial charge in [0, 0.05) is 23.6 Å². The Morgan fingerprint density at radius 3 is 2.66 bits per heavy atom. The van der Waals surface area contributed by atoms with Gasteiger partial charge >= 0.3 is 0 Å². The lowest BCUT2D eigenvalue weighted by atomic mass is 10.0. The van der Waals surface area contributed by atoms with Gasteiger partial charge in [0.05, 0.1) is 29.9 Å². The van der Waals surface area contributed by atoms with Crippen molar-refractivity contribution < 1.29 is 0 Å². The lowest BCUT2D eigenvalue weighted by Crippen LogP contribution is -2.10. The second-order valence-electron chi connectivity index (χ2n) is 6.89. The number of amidine groups is 1. The fourth-order valence-electron chi connectivity index (χ4n) is 3.43. The van der Waals surface area contributed by atoms with Gasteiger partial charge in [0.1, 0.15) is 11.7 Å². The average molecular weight is 410 g/mol. The Labute approximate surface area is 175 Å². The van der Waals surface area contributed by atoms with Crippen LogP contribution in [0.5, 0.6) is 0 Å². The van der Waals surface area contributed by atoms with Crippen molar-refractivity contribution in [2.45, 2.75) is 26.4 Å². The molecule has 2 aromatic carbocycles. The number of aromatic amines is 1. The highest BCUT2D eigenvalue weighted by atomic mass is 35.5. The van der Waals surface area contributed by atoms with Gasteiger partial charge in [0.25, 0.3) is 0 Å². The number of fused-ring (bicyclic) bond motifs is 1. The minimum absolute atomic E-state index is 0. The number of nitrogens with zero attached hydrogens (tertiary/aromatic N) is 3. The van der Waals surface area contributed by atoms with Crippen molar-refractivity contribution in [2.75, 3.05) is 5.32 Å². The maximum atomic E-state index is 7.45. The van der Waals surface area contributed by atoms with Crippen LogP contribution < -0.4 is 11.1 Å². The first-order chi connectivity index (χ1) is 13.5. The third kappa shape index (κ3) is 4.09. The van der Waals surface area contributed by atoms with E-state index in [0.717, 1.165) is 22.5 Å². The molecule has 5 N–H and O–H groups in total. The Kier molecular flexibility index (Phi) is 5.89.